The molecule has 3 aromatic rings. The molecule has 0 fully saturated rings. The van der Waals surface area contributed by atoms with Crippen LogP contribution in [0.4, 0.5) is 0 Å². The van der Waals surface area contributed by atoms with Crippen molar-refractivity contribution in [2.75, 3.05) is 5.75 Å². The fraction of sp³-hybridized carbons (Fsp3) is 0.185. The van der Waals surface area contributed by atoms with Crippen molar-refractivity contribution in [1.82, 2.24) is 10.0 Å². The summed E-state index contributed by atoms with van der Waals surface area (Å²) in [6, 6.07) is 13.5. The summed E-state index contributed by atoms with van der Waals surface area (Å²) < 4.78 is 40.0. The van der Waals surface area contributed by atoms with E-state index in [1.54, 1.807) is 24.3 Å². The van der Waals surface area contributed by atoms with E-state index in [1.807, 2.05) is 0 Å². The topological polar surface area (TPSA) is 204 Å². The molecule has 0 aliphatic rings. The highest BCUT2D eigenvalue weighted by Gasteiger charge is 2.26. The van der Waals surface area contributed by atoms with Crippen LogP contribution >= 0.6 is 11.6 Å². The summed E-state index contributed by atoms with van der Waals surface area (Å²) >= 11 is 6.06. The maximum atomic E-state index is 12.8. The second kappa shape index (κ2) is 14.2. The Balaban J connectivity index is 1.63. The second-order valence-electron chi connectivity index (χ2n) is 8.92. The summed E-state index contributed by atoms with van der Waals surface area (Å²) in [5.41, 5.74) is 0.437. The first-order valence-corrected chi connectivity index (χ1v) is 15.4. The molecule has 0 saturated carbocycles. The first-order valence-electron chi connectivity index (χ1n) is 12.1. The zero-order valence-corrected chi connectivity index (χ0v) is 24.0. The van der Waals surface area contributed by atoms with E-state index in [2.05, 4.69) is 10.0 Å². The van der Waals surface area contributed by atoms with Crippen LogP contribution < -0.4 is 10.0 Å². The van der Waals surface area contributed by atoms with Gasteiger partial charge in [0, 0.05) is 27.9 Å². The molecule has 0 heterocycles. The third-order valence-corrected chi connectivity index (χ3v) is 8.85. The monoisotopic (exact) mass is 636 g/mol. The first-order chi connectivity index (χ1) is 19.8. The van der Waals surface area contributed by atoms with E-state index in [4.69, 9.17) is 16.7 Å². The van der Waals surface area contributed by atoms with Gasteiger partial charge in [-0.1, -0.05) is 41.9 Å². The molecule has 0 aromatic heterocycles. The van der Waals surface area contributed by atoms with Crippen molar-refractivity contribution in [3.8, 4) is 5.75 Å². The van der Waals surface area contributed by atoms with Crippen molar-refractivity contribution >= 4 is 56.1 Å². The van der Waals surface area contributed by atoms with Gasteiger partial charge >= 0.3 is 11.9 Å². The molecule has 15 heteroatoms. The Morgan fingerprint density at radius 2 is 1.62 bits per heavy atom. The van der Waals surface area contributed by atoms with Gasteiger partial charge in [0.15, 0.2) is 5.78 Å². The molecule has 1 amide bonds. The quantitative estimate of drug-likeness (QED) is 0.175. The molecule has 42 heavy (non-hydrogen) atoms. The number of benzene rings is 3. The van der Waals surface area contributed by atoms with Gasteiger partial charge < -0.3 is 20.6 Å². The molecule has 0 aliphatic heterocycles. The van der Waals surface area contributed by atoms with Gasteiger partial charge in [-0.3, -0.25) is 18.6 Å². The van der Waals surface area contributed by atoms with Crippen molar-refractivity contribution < 1.29 is 47.1 Å². The third-order valence-electron chi connectivity index (χ3n) is 5.84. The van der Waals surface area contributed by atoms with E-state index >= 15 is 0 Å². The van der Waals surface area contributed by atoms with Crippen LogP contribution in [0.5, 0.6) is 5.75 Å². The highest BCUT2D eigenvalue weighted by molar-refractivity contribution is 7.89. The Labute approximate surface area is 247 Å². The lowest BCUT2D eigenvalue weighted by molar-refractivity contribution is -0.139. The average molecular weight is 637 g/mol. The molecule has 5 N–H and O–H groups in total. The van der Waals surface area contributed by atoms with E-state index in [9.17, 15) is 42.0 Å². The van der Waals surface area contributed by atoms with Gasteiger partial charge in [0.05, 0.1) is 28.9 Å². The van der Waals surface area contributed by atoms with Gasteiger partial charge in [0.25, 0.3) is 5.91 Å². The number of hydrogen-bond donors (Lipinski definition) is 5. The first kappa shape index (κ1) is 32.4. The fourth-order valence-electron chi connectivity index (χ4n) is 3.65. The van der Waals surface area contributed by atoms with Crippen molar-refractivity contribution in [3.63, 3.8) is 0 Å². The molecule has 0 saturated heterocycles. The van der Waals surface area contributed by atoms with Crippen LogP contribution in [0.25, 0.3) is 0 Å². The summed E-state index contributed by atoms with van der Waals surface area (Å²) in [7, 11) is -5.87. The van der Waals surface area contributed by atoms with Gasteiger partial charge in [0.1, 0.15) is 11.3 Å². The van der Waals surface area contributed by atoms with Crippen LogP contribution in [0.2, 0.25) is 5.02 Å². The maximum Gasteiger partial charge on any atom is 0.339 e. The molecule has 0 bridgehead atoms. The third kappa shape index (κ3) is 8.94. The lowest BCUT2D eigenvalue weighted by atomic mass is 10.1. The van der Waals surface area contributed by atoms with E-state index in [1.165, 1.54) is 24.3 Å². The Hall–Kier alpha value is -4.11. The number of amides is 1. The number of carbonyl (C=O) groups excluding carboxylic acids is 2. The van der Waals surface area contributed by atoms with Gasteiger partial charge in [-0.05, 0) is 47.5 Å². The molecular weight excluding hydrogens is 612 g/mol. The SMILES string of the molecule is O=C(O)CC(NC(=O)c1ccc(CNS(=O)(=O)c2ccc(O)c(C(=O)O)c2)cc1)C(=O)CS(=O)Cc1ccccc1Cl. The maximum absolute atomic E-state index is 12.8. The van der Waals surface area contributed by atoms with Crippen LogP contribution in [0.15, 0.2) is 71.6 Å². The molecule has 3 aromatic carbocycles. The number of carboxylic acids is 2. The van der Waals surface area contributed by atoms with Crippen LogP contribution in [0.1, 0.15) is 38.3 Å². The van der Waals surface area contributed by atoms with Crippen molar-refractivity contribution in [2.45, 2.75) is 29.7 Å². The average Bonchev–Trinajstić information content (AvgIpc) is 2.92. The largest absolute Gasteiger partial charge is 0.507 e. The summed E-state index contributed by atoms with van der Waals surface area (Å²) in [5.74, 6) is -5.48. The van der Waals surface area contributed by atoms with E-state index in [0.29, 0.717) is 16.1 Å². The predicted octanol–water partition coefficient (Wildman–Crippen LogP) is 2.31. The smallest absolute Gasteiger partial charge is 0.339 e. The molecule has 2 atom stereocenters. The highest BCUT2D eigenvalue weighted by atomic mass is 35.5. The summed E-state index contributed by atoms with van der Waals surface area (Å²) in [5, 5.41) is 30.6. The molecule has 2 unspecified atom stereocenters. The predicted molar refractivity (Wildman–Crippen MR) is 152 cm³/mol. The Bertz CT molecular complexity index is 1640. The Morgan fingerprint density at radius 1 is 0.952 bits per heavy atom. The molecule has 3 rings (SSSR count). The zero-order chi connectivity index (χ0) is 31.0. The minimum atomic E-state index is -4.16. The van der Waals surface area contributed by atoms with Gasteiger partial charge in [-0.25, -0.2) is 17.9 Å². The van der Waals surface area contributed by atoms with Gasteiger partial charge in [-0.15, -0.1) is 0 Å². The number of carboxylic acid groups (broad SMARTS) is 2. The summed E-state index contributed by atoms with van der Waals surface area (Å²) in [6.45, 7) is -0.231. The number of hydrogen-bond acceptors (Lipinski definition) is 8. The van der Waals surface area contributed by atoms with Crippen molar-refractivity contribution in [1.29, 1.82) is 0 Å². The lowest BCUT2D eigenvalue weighted by Gasteiger charge is -2.16. The van der Waals surface area contributed by atoms with Crippen LogP contribution in [0, 0.1) is 0 Å². The second-order valence-corrected chi connectivity index (χ2v) is 12.5. The van der Waals surface area contributed by atoms with Crippen molar-refractivity contribution in [2.24, 2.45) is 0 Å². The number of ketones is 1. The van der Waals surface area contributed by atoms with Gasteiger partial charge in [0.2, 0.25) is 10.0 Å². The van der Waals surface area contributed by atoms with Crippen molar-refractivity contribution in [3.05, 3.63) is 94.0 Å². The number of phenols is 1. The van der Waals surface area contributed by atoms with Crippen LogP contribution in [-0.2, 0) is 42.7 Å². The minimum absolute atomic E-state index is 0.0299. The number of carbonyl (C=O) groups is 4. The standard InChI is InChI=1S/C27H25ClN2O10S2/c28-21-4-2-1-3-18(21)14-41(38)15-24(32)22(12-25(33)34)30-26(35)17-7-5-16(6-8-17)13-29-42(39,40)19-9-10-23(31)20(11-19)27(36)37/h1-11,22,29,31H,12-15H2,(H,30,35)(H,33,34)(H,36,37). The number of halogens is 1. The molecule has 222 valence electrons. The number of sulfonamides is 1. The van der Waals surface area contributed by atoms with Gasteiger partial charge in [-0.2, -0.15) is 0 Å². The number of aromatic carboxylic acids is 1. The molecule has 12 nitrogen and oxygen atoms in total. The zero-order valence-electron chi connectivity index (χ0n) is 21.7. The summed E-state index contributed by atoms with van der Waals surface area (Å²) in [6.07, 6.45) is -0.728. The number of Topliss-reactive ketones (excluding diaryl/α,β-unsaturated/α-hetero) is 1. The Kier molecular flexibility index (Phi) is 10.9. The van der Waals surface area contributed by atoms with E-state index < -0.39 is 74.0 Å². The molecule has 0 spiro atoms. The van der Waals surface area contributed by atoms with E-state index in [0.717, 1.165) is 18.2 Å². The number of nitrogens with one attached hydrogen (secondary N) is 2. The summed E-state index contributed by atoms with van der Waals surface area (Å²) in [4.78, 5) is 47.6. The number of aliphatic carboxylic acids is 1. The molecule has 0 radical (unpaired) electrons. The molecule has 0 aliphatic carbocycles. The molecular formula is C27H25ClN2O10S2. The highest BCUT2D eigenvalue weighted by Crippen LogP contribution is 2.22. The fourth-order valence-corrected chi connectivity index (χ4v) is 6.19. The van der Waals surface area contributed by atoms with Crippen LogP contribution in [-0.4, -0.2) is 63.4 Å². The normalized spacial score (nSPS) is 12.7. The number of rotatable bonds is 14. The minimum Gasteiger partial charge on any atom is -0.507 e. The van der Waals surface area contributed by atoms with Crippen LogP contribution in [0.3, 0.4) is 0 Å². The lowest BCUT2D eigenvalue weighted by Crippen LogP contribution is -2.44. The van der Waals surface area contributed by atoms with E-state index in [-0.39, 0.29) is 22.8 Å². The number of aromatic hydroxyl groups is 1. The Morgan fingerprint density at radius 3 is 2.24 bits per heavy atom.